The van der Waals surface area contributed by atoms with E-state index < -0.39 is 0 Å². The van der Waals surface area contributed by atoms with Crippen LogP contribution in [0.4, 0.5) is 0 Å². The lowest BCUT2D eigenvalue weighted by Crippen LogP contribution is -2.10. The minimum atomic E-state index is 0.634. The molecule has 0 saturated carbocycles. The van der Waals surface area contributed by atoms with E-state index in [-0.39, 0.29) is 0 Å². The number of hydrogen-bond acceptors (Lipinski definition) is 0. The fraction of sp³-hybridized carbons (Fsp3) is 0.538. The second-order valence-electron chi connectivity index (χ2n) is 3.76. The van der Waals surface area contributed by atoms with E-state index in [1.54, 1.807) is 0 Å². The Hall–Kier alpha value is -0.780. The smallest absolute Gasteiger partial charge is 0.00151 e. The Morgan fingerprint density at radius 3 is 2.77 bits per heavy atom. The molecular formula is C13H20. The molecule has 0 N–H and O–H groups in total. The van der Waals surface area contributed by atoms with Gasteiger partial charge in [-0.15, -0.1) is 0 Å². The van der Waals surface area contributed by atoms with E-state index in [4.69, 9.17) is 0 Å². The van der Waals surface area contributed by atoms with Crippen molar-refractivity contribution in [1.29, 1.82) is 0 Å². The highest BCUT2D eigenvalue weighted by molar-refractivity contribution is 5.26. The van der Waals surface area contributed by atoms with E-state index in [2.05, 4.69) is 51.2 Å². The second-order valence-corrected chi connectivity index (χ2v) is 3.76. The summed E-state index contributed by atoms with van der Waals surface area (Å²) in [7, 11) is 0. The van der Waals surface area contributed by atoms with Gasteiger partial charge >= 0.3 is 0 Å². The Balaban J connectivity index is 2.68. The van der Waals surface area contributed by atoms with Crippen molar-refractivity contribution in [2.45, 2.75) is 33.6 Å². The van der Waals surface area contributed by atoms with Crippen LogP contribution in [0.5, 0.6) is 0 Å². The molecule has 2 unspecified atom stereocenters. The fourth-order valence-electron chi connectivity index (χ4n) is 1.79. The molecule has 0 amide bonds. The van der Waals surface area contributed by atoms with Crippen LogP contribution in [0, 0.1) is 11.8 Å². The number of rotatable bonds is 3. The van der Waals surface area contributed by atoms with Gasteiger partial charge in [-0.1, -0.05) is 49.8 Å². The number of hydrogen-bond donors (Lipinski definition) is 0. The van der Waals surface area contributed by atoms with Crippen LogP contribution in [0.25, 0.3) is 0 Å². The first-order valence-electron chi connectivity index (χ1n) is 5.31. The van der Waals surface area contributed by atoms with Crippen LogP contribution in [-0.2, 0) is 0 Å². The molecule has 13 heavy (non-hydrogen) atoms. The molecule has 0 aliphatic heterocycles. The van der Waals surface area contributed by atoms with Gasteiger partial charge < -0.3 is 0 Å². The van der Waals surface area contributed by atoms with E-state index in [1.807, 2.05) is 0 Å². The topological polar surface area (TPSA) is 0 Å². The molecule has 0 aromatic rings. The Labute approximate surface area is 82.0 Å². The van der Waals surface area contributed by atoms with Gasteiger partial charge in [0.1, 0.15) is 0 Å². The first-order chi connectivity index (χ1) is 6.27. The van der Waals surface area contributed by atoms with Gasteiger partial charge in [0.25, 0.3) is 0 Å². The van der Waals surface area contributed by atoms with Gasteiger partial charge in [0.05, 0.1) is 0 Å². The van der Waals surface area contributed by atoms with E-state index in [0.29, 0.717) is 11.8 Å². The molecule has 1 aliphatic rings. The Kier molecular flexibility index (Phi) is 4.01. The third kappa shape index (κ3) is 2.87. The van der Waals surface area contributed by atoms with Crippen LogP contribution < -0.4 is 0 Å². The molecule has 0 aromatic heterocycles. The van der Waals surface area contributed by atoms with E-state index in [9.17, 15) is 0 Å². The Morgan fingerprint density at radius 2 is 2.15 bits per heavy atom. The molecule has 0 saturated heterocycles. The summed E-state index contributed by atoms with van der Waals surface area (Å²) in [5.41, 5.74) is 1.40. The largest absolute Gasteiger partial charge is 0.0882 e. The van der Waals surface area contributed by atoms with Crippen molar-refractivity contribution >= 4 is 0 Å². The summed E-state index contributed by atoms with van der Waals surface area (Å²) in [6, 6.07) is 0. The molecule has 1 aliphatic carbocycles. The summed E-state index contributed by atoms with van der Waals surface area (Å²) < 4.78 is 0. The van der Waals surface area contributed by atoms with Gasteiger partial charge in [0.2, 0.25) is 0 Å². The standard InChI is InChI=1S/C13H20/c1-4-6-7-13-10-11(3)8-9-12(13)5-2/h6-10,12-13H,4-5H2,1-3H3. The third-order valence-electron chi connectivity index (χ3n) is 2.62. The molecule has 0 heterocycles. The SMILES string of the molecule is CCC=CC1C=C(C)C=CC1CC. The lowest BCUT2D eigenvalue weighted by atomic mass is 9.84. The van der Waals surface area contributed by atoms with Crippen molar-refractivity contribution in [1.82, 2.24) is 0 Å². The van der Waals surface area contributed by atoms with Crippen molar-refractivity contribution in [3.8, 4) is 0 Å². The summed E-state index contributed by atoms with van der Waals surface area (Å²) in [5.74, 6) is 1.35. The van der Waals surface area contributed by atoms with Crippen molar-refractivity contribution in [2.24, 2.45) is 11.8 Å². The zero-order chi connectivity index (χ0) is 9.68. The summed E-state index contributed by atoms with van der Waals surface area (Å²) >= 11 is 0. The van der Waals surface area contributed by atoms with Crippen LogP contribution >= 0.6 is 0 Å². The molecule has 0 nitrogen and oxygen atoms in total. The minimum Gasteiger partial charge on any atom is -0.0882 e. The quantitative estimate of drug-likeness (QED) is 0.568. The molecule has 0 bridgehead atoms. The van der Waals surface area contributed by atoms with Crippen molar-refractivity contribution in [2.75, 3.05) is 0 Å². The highest BCUT2D eigenvalue weighted by Crippen LogP contribution is 2.26. The van der Waals surface area contributed by atoms with E-state index in [0.717, 1.165) is 6.42 Å². The monoisotopic (exact) mass is 176 g/mol. The van der Waals surface area contributed by atoms with Crippen LogP contribution in [0.2, 0.25) is 0 Å². The van der Waals surface area contributed by atoms with Gasteiger partial charge in [0, 0.05) is 5.92 Å². The van der Waals surface area contributed by atoms with Crippen molar-refractivity contribution < 1.29 is 0 Å². The average Bonchev–Trinajstić information content (AvgIpc) is 2.15. The lowest BCUT2D eigenvalue weighted by Gasteiger charge is -2.21. The molecule has 1 rings (SSSR count). The maximum Gasteiger partial charge on any atom is 0.00151 e. The van der Waals surface area contributed by atoms with Crippen molar-refractivity contribution in [3.63, 3.8) is 0 Å². The maximum absolute atomic E-state index is 2.38. The lowest BCUT2D eigenvalue weighted by molar-refractivity contribution is 0.529. The van der Waals surface area contributed by atoms with Gasteiger partial charge in [-0.05, 0) is 25.7 Å². The molecule has 0 aromatic carbocycles. The fourth-order valence-corrected chi connectivity index (χ4v) is 1.79. The second kappa shape index (κ2) is 5.06. The maximum atomic E-state index is 2.38. The first kappa shape index (κ1) is 10.3. The predicted molar refractivity (Wildman–Crippen MR) is 59.6 cm³/mol. The zero-order valence-electron chi connectivity index (χ0n) is 8.96. The predicted octanol–water partition coefficient (Wildman–Crippen LogP) is 4.11. The first-order valence-corrected chi connectivity index (χ1v) is 5.31. The summed E-state index contributed by atoms with van der Waals surface area (Å²) in [6.45, 7) is 6.62. The van der Waals surface area contributed by atoms with Gasteiger partial charge in [-0.3, -0.25) is 0 Å². The molecule has 0 heteroatoms. The number of allylic oxidation sites excluding steroid dienone is 6. The van der Waals surface area contributed by atoms with Crippen LogP contribution in [0.15, 0.2) is 36.0 Å². The highest BCUT2D eigenvalue weighted by atomic mass is 14.2. The van der Waals surface area contributed by atoms with Gasteiger partial charge in [-0.2, -0.15) is 0 Å². The Morgan fingerprint density at radius 1 is 1.38 bits per heavy atom. The summed E-state index contributed by atoms with van der Waals surface area (Å²) in [5, 5.41) is 0. The van der Waals surface area contributed by atoms with Crippen LogP contribution in [0.1, 0.15) is 33.6 Å². The highest BCUT2D eigenvalue weighted by Gasteiger charge is 2.14. The van der Waals surface area contributed by atoms with Crippen molar-refractivity contribution in [3.05, 3.63) is 36.0 Å². The van der Waals surface area contributed by atoms with E-state index in [1.165, 1.54) is 12.0 Å². The van der Waals surface area contributed by atoms with Crippen LogP contribution in [0.3, 0.4) is 0 Å². The van der Waals surface area contributed by atoms with E-state index >= 15 is 0 Å². The molecule has 0 radical (unpaired) electrons. The zero-order valence-corrected chi connectivity index (χ0v) is 8.96. The molecule has 0 spiro atoms. The normalized spacial score (nSPS) is 28.1. The molecular weight excluding hydrogens is 156 g/mol. The molecule has 72 valence electrons. The van der Waals surface area contributed by atoms with Crippen LogP contribution in [-0.4, -0.2) is 0 Å². The Bertz CT molecular complexity index is 230. The molecule has 2 atom stereocenters. The average molecular weight is 176 g/mol. The molecule has 0 fully saturated rings. The third-order valence-corrected chi connectivity index (χ3v) is 2.62. The van der Waals surface area contributed by atoms with Gasteiger partial charge in [-0.25, -0.2) is 0 Å². The van der Waals surface area contributed by atoms with Gasteiger partial charge in [0.15, 0.2) is 0 Å². The summed E-state index contributed by atoms with van der Waals surface area (Å²) in [6.07, 6.45) is 14.0. The minimum absolute atomic E-state index is 0.634. The summed E-state index contributed by atoms with van der Waals surface area (Å²) in [4.78, 5) is 0.